The Kier molecular flexibility index (Phi) is 7.11. The molecule has 4 heteroatoms. The summed E-state index contributed by atoms with van der Waals surface area (Å²) in [6.45, 7) is 10.7. The summed E-state index contributed by atoms with van der Waals surface area (Å²) in [4.78, 5) is 9.07. The maximum absolute atomic E-state index is 4.55. The Morgan fingerprint density at radius 3 is 2.36 bits per heavy atom. The Hall–Kier alpha value is -2.23. The lowest BCUT2D eigenvalue weighted by Crippen LogP contribution is -2.06. The molecule has 1 N–H and O–H groups in total. The van der Waals surface area contributed by atoms with Crippen LogP contribution in [0.4, 0.5) is 5.95 Å². The van der Waals surface area contributed by atoms with Gasteiger partial charge in [0.2, 0.25) is 5.95 Å². The molecule has 2 rings (SSSR count). The molecule has 2 aromatic rings. The minimum atomic E-state index is 0.582. The molecule has 0 aliphatic rings. The normalized spacial score (nSPS) is 11.8. The molecule has 1 aromatic heterocycles. The van der Waals surface area contributed by atoms with Gasteiger partial charge < -0.3 is 0 Å². The van der Waals surface area contributed by atoms with Crippen molar-refractivity contribution in [1.29, 1.82) is 0 Å². The second kappa shape index (κ2) is 9.30. The quantitative estimate of drug-likeness (QED) is 0.543. The van der Waals surface area contributed by atoms with Gasteiger partial charge in [-0.25, -0.2) is 15.4 Å². The predicted octanol–water partition coefficient (Wildman–Crippen LogP) is 5.03. The molecule has 0 fully saturated rings. The Morgan fingerprint density at radius 2 is 1.76 bits per heavy atom. The van der Waals surface area contributed by atoms with Crippen LogP contribution in [0.15, 0.2) is 35.4 Å². The molecule has 1 aromatic carbocycles. The molecule has 0 radical (unpaired) electrons. The Labute approximate surface area is 151 Å². The number of aromatic nitrogens is 2. The number of benzene rings is 1. The van der Waals surface area contributed by atoms with Gasteiger partial charge in [0, 0.05) is 11.4 Å². The smallest absolute Gasteiger partial charge is 0.243 e. The summed E-state index contributed by atoms with van der Waals surface area (Å²) in [6.07, 6.45) is 4.04. The van der Waals surface area contributed by atoms with Crippen molar-refractivity contribution in [3.8, 4) is 0 Å². The number of anilines is 1. The molecule has 134 valence electrons. The maximum Gasteiger partial charge on any atom is 0.243 e. The van der Waals surface area contributed by atoms with Crippen LogP contribution >= 0.6 is 0 Å². The second-order valence-corrected chi connectivity index (χ2v) is 6.88. The largest absolute Gasteiger partial charge is 0.245 e. The highest BCUT2D eigenvalue weighted by molar-refractivity contribution is 5.99. The third-order valence-electron chi connectivity index (χ3n) is 4.04. The number of nitrogens with one attached hydrogen (secondary N) is 1. The number of aryl methyl sites for hydroxylation is 2. The summed E-state index contributed by atoms with van der Waals surface area (Å²) in [6, 6.07) is 10.7. The standard InChI is InChI=1S/C21H30N4/c1-6-8-20-14-19(7-2)22-21(23-20)25-24-16(5)18-11-9-17(10-12-18)13-15(3)4/h9-12,14-15H,6-8,13H2,1-5H3,(H,22,23,25). The van der Waals surface area contributed by atoms with Gasteiger partial charge in [-0.2, -0.15) is 5.10 Å². The van der Waals surface area contributed by atoms with E-state index in [2.05, 4.69) is 78.5 Å². The van der Waals surface area contributed by atoms with Crippen molar-refractivity contribution in [2.75, 3.05) is 5.43 Å². The van der Waals surface area contributed by atoms with E-state index in [1.54, 1.807) is 0 Å². The van der Waals surface area contributed by atoms with Crippen LogP contribution in [0.5, 0.6) is 0 Å². The van der Waals surface area contributed by atoms with Gasteiger partial charge in [0.25, 0.3) is 0 Å². The molecule has 0 atom stereocenters. The van der Waals surface area contributed by atoms with Crippen molar-refractivity contribution in [3.63, 3.8) is 0 Å². The first-order chi connectivity index (χ1) is 12.0. The molecule has 0 aliphatic carbocycles. The van der Waals surface area contributed by atoms with Crippen LogP contribution in [0.3, 0.4) is 0 Å². The summed E-state index contributed by atoms with van der Waals surface area (Å²) in [7, 11) is 0. The van der Waals surface area contributed by atoms with E-state index in [9.17, 15) is 0 Å². The maximum atomic E-state index is 4.55. The van der Waals surface area contributed by atoms with E-state index >= 15 is 0 Å². The van der Waals surface area contributed by atoms with Crippen molar-refractivity contribution in [2.24, 2.45) is 11.0 Å². The number of hydrogen-bond acceptors (Lipinski definition) is 4. The summed E-state index contributed by atoms with van der Waals surface area (Å²) in [5.74, 6) is 1.25. The average Bonchev–Trinajstić information content (AvgIpc) is 2.60. The van der Waals surface area contributed by atoms with Crippen molar-refractivity contribution < 1.29 is 0 Å². The number of hydrazone groups is 1. The molecule has 0 saturated heterocycles. The SMILES string of the molecule is CCCc1cc(CC)nc(NN=C(C)c2ccc(CC(C)C)cc2)n1. The summed E-state index contributed by atoms with van der Waals surface area (Å²) < 4.78 is 0. The first-order valence-corrected chi connectivity index (χ1v) is 9.28. The van der Waals surface area contributed by atoms with Crippen molar-refractivity contribution in [3.05, 3.63) is 52.8 Å². The minimum Gasteiger partial charge on any atom is -0.245 e. The molecule has 0 bridgehead atoms. The van der Waals surface area contributed by atoms with Crippen LogP contribution in [0, 0.1) is 5.92 Å². The van der Waals surface area contributed by atoms with Crippen molar-refractivity contribution >= 4 is 11.7 Å². The van der Waals surface area contributed by atoms with Gasteiger partial charge in [-0.1, -0.05) is 58.4 Å². The van der Waals surface area contributed by atoms with Gasteiger partial charge >= 0.3 is 0 Å². The van der Waals surface area contributed by atoms with E-state index in [0.29, 0.717) is 11.9 Å². The van der Waals surface area contributed by atoms with E-state index in [1.807, 2.05) is 6.92 Å². The molecular formula is C21H30N4. The molecule has 0 amide bonds. The van der Waals surface area contributed by atoms with Crippen LogP contribution in [0.1, 0.15) is 63.6 Å². The molecule has 4 nitrogen and oxygen atoms in total. The highest BCUT2D eigenvalue weighted by Crippen LogP contribution is 2.12. The zero-order valence-corrected chi connectivity index (χ0v) is 16.1. The minimum absolute atomic E-state index is 0.582. The lowest BCUT2D eigenvalue weighted by Gasteiger charge is -2.08. The zero-order valence-electron chi connectivity index (χ0n) is 16.1. The van der Waals surface area contributed by atoms with Gasteiger partial charge in [-0.05, 0) is 49.3 Å². The molecule has 0 spiro atoms. The van der Waals surface area contributed by atoms with Crippen LogP contribution < -0.4 is 5.43 Å². The Morgan fingerprint density at radius 1 is 1.08 bits per heavy atom. The Bertz CT molecular complexity index is 702. The third-order valence-corrected chi connectivity index (χ3v) is 4.04. The van der Waals surface area contributed by atoms with E-state index in [0.717, 1.165) is 48.3 Å². The van der Waals surface area contributed by atoms with Crippen LogP contribution in [-0.2, 0) is 19.3 Å². The first-order valence-electron chi connectivity index (χ1n) is 9.28. The third kappa shape index (κ3) is 5.96. The monoisotopic (exact) mass is 338 g/mol. The van der Waals surface area contributed by atoms with E-state index in [1.165, 1.54) is 5.56 Å². The van der Waals surface area contributed by atoms with Crippen LogP contribution in [-0.4, -0.2) is 15.7 Å². The average molecular weight is 338 g/mol. The van der Waals surface area contributed by atoms with Gasteiger partial charge in [-0.3, -0.25) is 0 Å². The fourth-order valence-corrected chi connectivity index (χ4v) is 2.72. The van der Waals surface area contributed by atoms with E-state index < -0.39 is 0 Å². The van der Waals surface area contributed by atoms with Gasteiger partial charge in [-0.15, -0.1) is 0 Å². The predicted molar refractivity (Wildman–Crippen MR) is 106 cm³/mol. The molecule has 0 unspecified atom stereocenters. The summed E-state index contributed by atoms with van der Waals surface area (Å²) in [5.41, 5.74) is 8.55. The molecule has 25 heavy (non-hydrogen) atoms. The van der Waals surface area contributed by atoms with Gasteiger partial charge in [0.15, 0.2) is 0 Å². The highest BCUT2D eigenvalue weighted by atomic mass is 15.4. The number of rotatable bonds is 8. The summed E-state index contributed by atoms with van der Waals surface area (Å²) in [5, 5.41) is 4.47. The highest BCUT2D eigenvalue weighted by Gasteiger charge is 2.04. The molecule has 1 heterocycles. The van der Waals surface area contributed by atoms with Gasteiger partial charge in [0.05, 0.1) is 5.71 Å². The first kappa shape index (κ1) is 19.1. The van der Waals surface area contributed by atoms with Gasteiger partial charge in [0.1, 0.15) is 0 Å². The number of hydrogen-bond donors (Lipinski definition) is 1. The summed E-state index contributed by atoms with van der Waals surface area (Å²) >= 11 is 0. The van der Waals surface area contributed by atoms with Crippen LogP contribution in [0.25, 0.3) is 0 Å². The molecular weight excluding hydrogens is 308 g/mol. The Balaban J connectivity index is 2.11. The lowest BCUT2D eigenvalue weighted by atomic mass is 10.0. The lowest BCUT2D eigenvalue weighted by molar-refractivity contribution is 0.647. The van der Waals surface area contributed by atoms with Crippen LogP contribution in [0.2, 0.25) is 0 Å². The van der Waals surface area contributed by atoms with Crippen molar-refractivity contribution in [1.82, 2.24) is 9.97 Å². The fraction of sp³-hybridized carbons (Fsp3) is 0.476. The van der Waals surface area contributed by atoms with E-state index in [4.69, 9.17) is 0 Å². The zero-order chi connectivity index (χ0) is 18.2. The van der Waals surface area contributed by atoms with E-state index in [-0.39, 0.29) is 0 Å². The second-order valence-electron chi connectivity index (χ2n) is 6.88. The number of nitrogens with zero attached hydrogens (tertiary/aromatic N) is 3. The molecule has 0 aliphatic heterocycles. The topological polar surface area (TPSA) is 50.2 Å². The fourth-order valence-electron chi connectivity index (χ4n) is 2.72. The molecule has 0 saturated carbocycles. The van der Waals surface area contributed by atoms with Crippen molar-refractivity contribution in [2.45, 2.75) is 60.3 Å².